The molecule has 4 aromatic rings. The molecule has 1 fully saturated rings. The summed E-state index contributed by atoms with van der Waals surface area (Å²) in [6.45, 7) is 1.11. The van der Waals surface area contributed by atoms with Crippen molar-refractivity contribution in [3.63, 3.8) is 0 Å². The molecule has 1 unspecified atom stereocenters. The Morgan fingerprint density at radius 3 is 2.55 bits per heavy atom. The quantitative estimate of drug-likeness (QED) is 0.214. The Kier molecular flexibility index (Phi) is 8.46. The molecule has 0 amide bonds. The summed E-state index contributed by atoms with van der Waals surface area (Å²) in [6, 6.07) is 22.5. The van der Waals surface area contributed by atoms with E-state index in [0.29, 0.717) is 28.2 Å². The molecule has 220 valence electrons. The fourth-order valence-corrected chi connectivity index (χ4v) is 8.61. The van der Waals surface area contributed by atoms with Crippen LogP contribution >= 0.6 is 11.5 Å². The van der Waals surface area contributed by atoms with E-state index in [1.54, 1.807) is 32.4 Å². The van der Waals surface area contributed by atoms with Crippen LogP contribution in [0.15, 0.2) is 78.0 Å². The average molecular weight is 605 g/mol. The molecule has 2 aliphatic rings. The van der Waals surface area contributed by atoms with Crippen molar-refractivity contribution in [3.8, 4) is 11.5 Å². The first-order valence-electron chi connectivity index (χ1n) is 14.4. The van der Waals surface area contributed by atoms with Gasteiger partial charge >= 0.3 is 0 Å². The summed E-state index contributed by atoms with van der Waals surface area (Å²) in [7, 11) is -0.806. The molecule has 1 aliphatic heterocycles. The summed E-state index contributed by atoms with van der Waals surface area (Å²) in [5.74, 6) is 1.18. The molecule has 1 aromatic heterocycles. The number of aryl methyl sites for hydroxylation is 1. The minimum absolute atomic E-state index is 0.0525. The lowest BCUT2D eigenvalue weighted by molar-refractivity contribution is 0.0835. The zero-order valence-corrected chi connectivity index (χ0v) is 25.6. The fraction of sp³-hybridized carbons (Fsp3) is 0.375. The number of benzene rings is 3. The number of anilines is 1. The van der Waals surface area contributed by atoms with Gasteiger partial charge in [0.25, 0.3) is 10.0 Å². The Morgan fingerprint density at radius 2 is 1.79 bits per heavy atom. The van der Waals surface area contributed by atoms with Gasteiger partial charge in [0.1, 0.15) is 17.8 Å². The molecular weight excluding hydrogens is 569 g/mol. The predicted molar refractivity (Wildman–Crippen MR) is 165 cm³/mol. The van der Waals surface area contributed by atoms with Gasteiger partial charge in [0.05, 0.1) is 25.7 Å². The second-order valence-electron chi connectivity index (χ2n) is 10.8. The van der Waals surface area contributed by atoms with E-state index in [-0.39, 0.29) is 17.5 Å². The number of fused-ring (bicyclic) bond motifs is 1. The van der Waals surface area contributed by atoms with Crippen LogP contribution in [0.1, 0.15) is 66.4 Å². The maximum Gasteiger partial charge on any atom is 0.266 e. The van der Waals surface area contributed by atoms with Gasteiger partial charge in [-0.25, -0.2) is 17.7 Å². The highest BCUT2D eigenvalue weighted by Crippen LogP contribution is 2.43. The minimum atomic E-state index is -3.95. The molecule has 6 rings (SSSR count). The highest BCUT2D eigenvalue weighted by atomic mass is 32.2. The number of methoxy groups -OCH3 is 2. The standard InChI is InChI=1S/C32H36N4O4S2/c1-39-26-15-14-25(31(20-26)40-2)21-36(32-33-22-34-41-32)42(37,38)27-16-17-28-24(19-27)11-8-13-30(28)35-18-7-6-12-29(35)23-9-4-3-5-10-23/h3-5,9-10,14-17,19-20,22,29-30H,6-8,11-13,18,21H2,1-2H3/t29-,30?/m0/s1. The van der Waals surface area contributed by atoms with Crippen LogP contribution in [0, 0.1) is 0 Å². The van der Waals surface area contributed by atoms with Crippen LogP contribution in [-0.2, 0) is 23.0 Å². The van der Waals surface area contributed by atoms with Gasteiger partial charge < -0.3 is 9.47 Å². The molecule has 42 heavy (non-hydrogen) atoms. The summed E-state index contributed by atoms with van der Waals surface area (Å²) in [6.07, 6.45) is 7.92. The van der Waals surface area contributed by atoms with Gasteiger partial charge in [-0.1, -0.05) is 42.8 Å². The zero-order chi connectivity index (χ0) is 29.1. The van der Waals surface area contributed by atoms with Crippen LogP contribution in [0.4, 0.5) is 5.13 Å². The number of rotatable bonds is 9. The molecule has 0 saturated carbocycles. The van der Waals surface area contributed by atoms with E-state index in [2.05, 4.69) is 50.7 Å². The number of sulfonamides is 1. The summed E-state index contributed by atoms with van der Waals surface area (Å²) in [5.41, 5.74) is 4.43. The molecule has 0 bridgehead atoms. The normalized spacial score (nSPS) is 19.2. The van der Waals surface area contributed by atoms with Crippen LogP contribution in [-0.4, -0.2) is 43.4 Å². The molecule has 2 atom stereocenters. The number of likely N-dealkylation sites (tertiary alicyclic amines) is 1. The Hall–Kier alpha value is -3.47. The van der Waals surface area contributed by atoms with Gasteiger partial charge in [-0.2, -0.15) is 4.37 Å². The van der Waals surface area contributed by atoms with Crippen LogP contribution in [0.25, 0.3) is 0 Å². The first-order valence-corrected chi connectivity index (χ1v) is 16.6. The molecule has 0 N–H and O–H groups in total. The van der Waals surface area contributed by atoms with Gasteiger partial charge in [0, 0.05) is 35.2 Å². The molecule has 1 saturated heterocycles. The number of ether oxygens (including phenoxy) is 2. The summed E-state index contributed by atoms with van der Waals surface area (Å²) < 4.78 is 44.8. The zero-order valence-electron chi connectivity index (χ0n) is 24.0. The van der Waals surface area contributed by atoms with E-state index in [9.17, 15) is 8.42 Å². The van der Waals surface area contributed by atoms with Gasteiger partial charge in [-0.15, -0.1) is 0 Å². The first-order chi connectivity index (χ1) is 20.5. The first kappa shape index (κ1) is 28.6. The van der Waals surface area contributed by atoms with E-state index in [1.165, 1.54) is 34.6 Å². The van der Waals surface area contributed by atoms with Crippen molar-refractivity contribution in [1.82, 2.24) is 14.3 Å². The van der Waals surface area contributed by atoms with E-state index in [4.69, 9.17) is 9.47 Å². The van der Waals surface area contributed by atoms with Crippen molar-refractivity contribution in [2.75, 3.05) is 25.1 Å². The topological polar surface area (TPSA) is 84.9 Å². The summed E-state index contributed by atoms with van der Waals surface area (Å²) >= 11 is 1.05. The molecule has 0 spiro atoms. The SMILES string of the molecule is COc1ccc(CN(c2ncns2)S(=O)(=O)c2ccc3c(c2)CCCC3N2CCCC[C@H]2c2ccccc2)c(OC)c1. The van der Waals surface area contributed by atoms with E-state index >= 15 is 0 Å². The second kappa shape index (κ2) is 12.4. The van der Waals surface area contributed by atoms with E-state index < -0.39 is 10.0 Å². The third-order valence-electron chi connectivity index (χ3n) is 8.49. The van der Waals surface area contributed by atoms with Crippen molar-refractivity contribution in [1.29, 1.82) is 0 Å². The Bertz CT molecular complexity index is 1610. The van der Waals surface area contributed by atoms with Gasteiger partial charge in [0.2, 0.25) is 5.13 Å². The number of hydrogen-bond donors (Lipinski definition) is 0. The molecule has 3 aromatic carbocycles. The molecule has 0 radical (unpaired) electrons. The number of aromatic nitrogens is 2. The third-order valence-corrected chi connectivity index (χ3v) is 11.0. The molecular formula is C32H36N4O4S2. The number of hydrogen-bond acceptors (Lipinski definition) is 8. The molecule has 1 aliphatic carbocycles. The van der Waals surface area contributed by atoms with Crippen molar-refractivity contribution in [2.24, 2.45) is 0 Å². The largest absolute Gasteiger partial charge is 0.497 e. The van der Waals surface area contributed by atoms with Gasteiger partial charge in [-0.3, -0.25) is 4.90 Å². The summed E-state index contributed by atoms with van der Waals surface area (Å²) in [5, 5.41) is 0.308. The maximum atomic E-state index is 14.3. The van der Waals surface area contributed by atoms with Crippen molar-refractivity contribution >= 4 is 26.7 Å². The van der Waals surface area contributed by atoms with Crippen LogP contribution in [0.3, 0.4) is 0 Å². The fourth-order valence-electron chi connectivity index (χ4n) is 6.43. The maximum absolute atomic E-state index is 14.3. The summed E-state index contributed by atoms with van der Waals surface area (Å²) in [4.78, 5) is 7.20. The highest BCUT2D eigenvalue weighted by Gasteiger charge is 2.35. The van der Waals surface area contributed by atoms with Gasteiger partial charge in [-0.05, 0) is 79.6 Å². The lowest BCUT2D eigenvalue weighted by Crippen LogP contribution is -2.38. The number of nitrogens with zero attached hydrogens (tertiary/aromatic N) is 4. The van der Waals surface area contributed by atoms with Crippen LogP contribution in [0.5, 0.6) is 11.5 Å². The average Bonchev–Trinajstić information content (AvgIpc) is 3.58. The third kappa shape index (κ3) is 5.63. The predicted octanol–water partition coefficient (Wildman–Crippen LogP) is 6.56. The molecule has 2 heterocycles. The van der Waals surface area contributed by atoms with Crippen molar-refractivity contribution < 1.29 is 17.9 Å². The Balaban J connectivity index is 1.33. The monoisotopic (exact) mass is 604 g/mol. The smallest absolute Gasteiger partial charge is 0.266 e. The Morgan fingerprint density at radius 1 is 0.952 bits per heavy atom. The van der Waals surface area contributed by atoms with Crippen LogP contribution in [0.2, 0.25) is 0 Å². The lowest BCUT2D eigenvalue weighted by atomic mass is 9.83. The van der Waals surface area contributed by atoms with Crippen LogP contribution < -0.4 is 13.8 Å². The molecule has 8 nitrogen and oxygen atoms in total. The highest BCUT2D eigenvalue weighted by molar-refractivity contribution is 7.93. The van der Waals surface area contributed by atoms with Crippen molar-refractivity contribution in [2.45, 2.75) is 62.0 Å². The van der Waals surface area contributed by atoms with E-state index in [1.807, 2.05) is 12.1 Å². The van der Waals surface area contributed by atoms with E-state index in [0.717, 1.165) is 49.3 Å². The molecule has 10 heteroatoms. The van der Waals surface area contributed by atoms with Gasteiger partial charge in [0.15, 0.2) is 0 Å². The second-order valence-corrected chi connectivity index (χ2v) is 13.5. The lowest BCUT2D eigenvalue weighted by Gasteiger charge is -2.44. The Labute approximate surface area is 252 Å². The number of piperidine rings is 1. The minimum Gasteiger partial charge on any atom is -0.497 e. The van der Waals surface area contributed by atoms with Crippen molar-refractivity contribution in [3.05, 3.63) is 95.3 Å².